The summed E-state index contributed by atoms with van der Waals surface area (Å²) in [6.45, 7) is 4.02. The van der Waals surface area contributed by atoms with Gasteiger partial charge in [0, 0.05) is 17.9 Å². The number of hydrogen-bond donors (Lipinski definition) is 2. The second kappa shape index (κ2) is 6.29. The molecule has 1 aromatic rings. The summed E-state index contributed by atoms with van der Waals surface area (Å²) in [4.78, 5) is 14.3. The van der Waals surface area contributed by atoms with Gasteiger partial charge < -0.3 is 11.1 Å². The number of anilines is 2. The molecule has 6 nitrogen and oxygen atoms in total. The van der Waals surface area contributed by atoms with Crippen molar-refractivity contribution < 1.29 is 4.92 Å². The Morgan fingerprint density at radius 1 is 1.65 bits per heavy atom. The normalized spacial score (nSPS) is 12.1. The van der Waals surface area contributed by atoms with E-state index in [0.717, 1.165) is 11.5 Å². The fourth-order valence-corrected chi connectivity index (χ4v) is 1.96. The molecule has 0 radical (unpaired) electrons. The Balaban J connectivity index is 2.81. The molecule has 0 spiro atoms. The highest BCUT2D eigenvalue weighted by Crippen LogP contribution is 2.23. The van der Waals surface area contributed by atoms with Gasteiger partial charge in [0.2, 0.25) is 5.82 Å². The Bertz CT molecular complexity index is 400. The van der Waals surface area contributed by atoms with Gasteiger partial charge in [-0.2, -0.15) is 11.8 Å². The summed E-state index contributed by atoms with van der Waals surface area (Å²) in [6, 6.07) is 2.90. The largest absolute Gasteiger partial charge is 0.384 e. The first-order valence-electron chi connectivity index (χ1n) is 5.29. The fourth-order valence-electron chi connectivity index (χ4n) is 1.29. The van der Waals surface area contributed by atoms with Crippen molar-refractivity contribution in [2.45, 2.75) is 19.9 Å². The van der Waals surface area contributed by atoms with Crippen molar-refractivity contribution in [2.75, 3.05) is 22.6 Å². The molecule has 0 aliphatic heterocycles. The molecule has 1 unspecified atom stereocenters. The van der Waals surface area contributed by atoms with Crippen LogP contribution in [0.2, 0.25) is 0 Å². The van der Waals surface area contributed by atoms with Gasteiger partial charge in [0.05, 0.1) is 4.92 Å². The van der Waals surface area contributed by atoms with Gasteiger partial charge in [0.25, 0.3) is 0 Å². The molecule has 0 aromatic carbocycles. The highest BCUT2D eigenvalue weighted by Gasteiger charge is 2.16. The molecule has 94 valence electrons. The Morgan fingerprint density at radius 3 is 2.94 bits per heavy atom. The first-order valence-corrected chi connectivity index (χ1v) is 6.45. The summed E-state index contributed by atoms with van der Waals surface area (Å²) >= 11 is 1.76. The van der Waals surface area contributed by atoms with Crippen molar-refractivity contribution >= 4 is 29.1 Å². The van der Waals surface area contributed by atoms with Crippen LogP contribution in [-0.4, -0.2) is 27.5 Å². The van der Waals surface area contributed by atoms with E-state index in [4.69, 9.17) is 5.73 Å². The van der Waals surface area contributed by atoms with Crippen molar-refractivity contribution in [3.05, 3.63) is 22.2 Å². The SMILES string of the molecule is CCSCC(C)Nc1nc(N)ccc1[N+](=O)[O-]. The number of hydrogen-bond acceptors (Lipinski definition) is 6. The first kappa shape index (κ1) is 13.6. The third kappa shape index (κ3) is 4.10. The first-order chi connectivity index (χ1) is 8.04. The van der Waals surface area contributed by atoms with E-state index in [-0.39, 0.29) is 23.4 Å². The molecule has 0 fully saturated rings. The second-order valence-corrected chi connectivity index (χ2v) is 4.88. The lowest BCUT2D eigenvalue weighted by atomic mass is 10.3. The van der Waals surface area contributed by atoms with Crippen molar-refractivity contribution in [1.82, 2.24) is 4.98 Å². The Kier molecular flexibility index (Phi) is 5.02. The van der Waals surface area contributed by atoms with Gasteiger partial charge >= 0.3 is 5.69 Å². The van der Waals surface area contributed by atoms with E-state index in [1.54, 1.807) is 11.8 Å². The summed E-state index contributed by atoms with van der Waals surface area (Å²) in [7, 11) is 0. The number of nitrogens with one attached hydrogen (secondary N) is 1. The van der Waals surface area contributed by atoms with Gasteiger partial charge in [-0.25, -0.2) is 4.98 Å². The van der Waals surface area contributed by atoms with E-state index in [1.165, 1.54) is 12.1 Å². The van der Waals surface area contributed by atoms with E-state index < -0.39 is 4.92 Å². The van der Waals surface area contributed by atoms with Crippen LogP contribution in [0.4, 0.5) is 17.3 Å². The molecule has 0 bridgehead atoms. The van der Waals surface area contributed by atoms with Crippen LogP contribution in [0.25, 0.3) is 0 Å². The van der Waals surface area contributed by atoms with E-state index in [9.17, 15) is 10.1 Å². The molecule has 0 aliphatic rings. The summed E-state index contributed by atoms with van der Waals surface area (Å²) in [5, 5.41) is 13.8. The predicted octanol–water partition coefficient (Wildman–Crippen LogP) is 2.13. The zero-order valence-electron chi connectivity index (χ0n) is 9.84. The molecular weight excluding hydrogens is 240 g/mol. The summed E-state index contributed by atoms with van der Waals surface area (Å²) in [5.41, 5.74) is 5.48. The van der Waals surface area contributed by atoms with Crippen molar-refractivity contribution in [2.24, 2.45) is 0 Å². The fraction of sp³-hybridized carbons (Fsp3) is 0.500. The van der Waals surface area contributed by atoms with Gasteiger partial charge in [-0.1, -0.05) is 6.92 Å². The maximum atomic E-state index is 10.8. The molecule has 0 saturated heterocycles. The lowest BCUT2D eigenvalue weighted by molar-refractivity contribution is -0.384. The monoisotopic (exact) mass is 256 g/mol. The molecule has 0 aliphatic carbocycles. The van der Waals surface area contributed by atoms with Crippen molar-refractivity contribution in [3.63, 3.8) is 0 Å². The lowest BCUT2D eigenvalue weighted by Crippen LogP contribution is -2.20. The second-order valence-electron chi connectivity index (χ2n) is 3.57. The summed E-state index contributed by atoms with van der Waals surface area (Å²) < 4.78 is 0. The number of nitrogens with zero attached hydrogens (tertiary/aromatic N) is 2. The molecule has 7 heteroatoms. The lowest BCUT2D eigenvalue weighted by Gasteiger charge is -2.13. The van der Waals surface area contributed by atoms with Gasteiger partial charge in [-0.05, 0) is 18.7 Å². The van der Waals surface area contributed by atoms with Crippen LogP contribution in [-0.2, 0) is 0 Å². The average molecular weight is 256 g/mol. The van der Waals surface area contributed by atoms with Crippen LogP contribution < -0.4 is 11.1 Å². The van der Waals surface area contributed by atoms with Gasteiger partial charge in [-0.3, -0.25) is 10.1 Å². The molecule has 3 N–H and O–H groups in total. The smallest absolute Gasteiger partial charge is 0.311 e. The maximum Gasteiger partial charge on any atom is 0.311 e. The minimum absolute atomic E-state index is 0.0486. The van der Waals surface area contributed by atoms with Crippen LogP contribution in [0.3, 0.4) is 0 Å². The minimum Gasteiger partial charge on any atom is -0.384 e. The van der Waals surface area contributed by atoms with E-state index in [2.05, 4.69) is 17.2 Å². The average Bonchev–Trinajstić information content (AvgIpc) is 2.26. The van der Waals surface area contributed by atoms with Crippen molar-refractivity contribution in [3.8, 4) is 0 Å². The maximum absolute atomic E-state index is 10.8. The Morgan fingerprint density at radius 2 is 2.35 bits per heavy atom. The zero-order chi connectivity index (χ0) is 12.8. The topological polar surface area (TPSA) is 94.1 Å². The van der Waals surface area contributed by atoms with E-state index >= 15 is 0 Å². The van der Waals surface area contributed by atoms with Gasteiger partial charge in [0.1, 0.15) is 5.82 Å². The number of thioether (sulfide) groups is 1. The van der Waals surface area contributed by atoms with Gasteiger partial charge in [0.15, 0.2) is 0 Å². The Hall–Kier alpha value is -1.50. The third-order valence-corrected chi connectivity index (χ3v) is 3.19. The zero-order valence-corrected chi connectivity index (χ0v) is 10.7. The molecule has 1 rings (SSSR count). The highest BCUT2D eigenvalue weighted by atomic mass is 32.2. The highest BCUT2D eigenvalue weighted by molar-refractivity contribution is 7.99. The molecule has 1 aromatic heterocycles. The number of nitrogens with two attached hydrogens (primary N) is 1. The van der Waals surface area contributed by atoms with Crippen LogP contribution >= 0.6 is 11.8 Å². The number of nitrogen functional groups attached to an aromatic ring is 1. The number of pyridine rings is 1. The standard InChI is InChI=1S/C10H16N4O2S/c1-3-17-6-7(2)12-10-8(14(15)16)4-5-9(11)13-10/h4-5,7H,3,6H2,1-2H3,(H3,11,12,13). The molecular formula is C10H16N4O2S. The number of rotatable bonds is 6. The summed E-state index contributed by atoms with van der Waals surface area (Å²) in [6.07, 6.45) is 0. The molecule has 1 atom stereocenters. The minimum atomic E-state index is -0.464. The number of aromatic nitrogens is 1. The summed E-state index contributed by atoms with van der Waals surface area (Å²) in [5.74, 6) is 2.38. The van der Waals surface area contributed by atoms with Crippen molar-refractivity contribution in [1.29, 1.82) is 0 Å². The Labute approximate surface area is 104 Å². The predicted molar refractivity (Wildman–Crippen MR) is 71.4 cm³/mol. The molecule has 17 heavy (non-hydrogen) atoms. The van der Waals surface area contributed by atoms with Crippen LogP contribution in [0.1, 0.15) is 13.8 Å². The van der Waals surface area contributed by atoms with E-state index in [0.29, 0.717) is 0 Å². The third-order valence-electron chi connectivity index (χ3n) is 2.05. The number of nitro groups is 1. The molecule has 0 saturated carbocycles. The molecule has 1 heterocycles. The quantitative estimate of drug-likeness (QED) is 0.598. The van der Waals surface area contributed by atoms with Crippen LogP contribution in [0, 0.1) is 10.1 Å². The molecule has 0 amide bonds. The van der Waals surface area contributed by atoms with E-state index in [1.807, 2.05) is 6.92 Å². The van der Waals surface area contributed by atoms with Crippen LogP contribution in [0.15, 0.2) is 12.1 Å². The van der Waals surface area contributed by atoms with Gasteiger partial charge in [-0.15, -0.1) is 0 Å². The van der Waals surface area contributed by atoms with Crippen LogP contribution in [0.5, 0.6) is 0 Å².